The molecule has 2 rings (SSSR count). The summed E-state index contributed by atoms with van der Waals surface area (Å²) in [5, 5.41) is 17.0. The van der Waals surface area contributed by atoms with E-state index in [0.717, 1.165) is 5.56 Å². The lowest BCUT2D eigenvalue weighted by Crippen LogP contribution is -2.15. The number of aromatic nitrogens is 1. The Morgan fingerprint density at radius 2 is 2.00 bits per heavy atom. The highest BCUT2D eigenvalue weighted by Crippen LogP contribution is 2.17. The first kappa shape index (κ1) is 13.7. The highest BCUT2D eigenvalue weighted by molar-refractivity contribution is 5.92. The Morgan fingerprint density at radius 3 is 2.50 bits per heavy atom. The van der Waals surface area contributed by atoms with Crippen molar-refractivity contribution in [1.29, 1.82) is 0 Å². The van der Waals surface area contributed by atoms with E-state index in [1.165, 1.54) is 24.3 Å². The maximum absolute atomic E-state index is 11.9. The van der Waals surface area contributed by atoms with Gasteiger partial charge in [-0.05, 0) is 26.0 Å². The Morgan fingerprint density at radius 1 is 1.35 bits per heavy atom. The van der Waals surface area contributed by atoms with E-state index in [-0.39, 0.29) is 18.0 Å². The van der Waals surface area contributed by atoms with Crippen LogP contribution in [0.25, 0.3) is 0 Å². The number of rotatable bonds is 4. The number of benzene rings is 1. The quantitative estimate of drug-likeness (QED) is 0.682. The van der Waals surface area contributed by atoms with Crippen LogP contribution in [0.5, 0.6) is 0 Å². The van der Waals surface area contributed by atoms with Gasteiger partial charge in [0, 0.05) is 23.4 Å². The van der Waals surface area contributed by atoms with E-state index in [1.54, 1.807) is 13.8 Å². The van der Waals surface area contributed by atoms with Gasteiger partial charge < -0.3 is 9.84 Å². The van der Waals surface area contributed by atoms with Gasteiger partial charge in [0.25, 0.3) is 5.69 Å². The van der Waals surface area contributed by atoms with E-state index in [1.807, 2.05) is 0 Å². The molecule has 0 aliphatic heterocycles. The van der Waals surface area contributed by atoms with Crippen LogP contribution in [0.2, 0.25) is 0 Å². The van der Waals surface area contributed by atoms with Crippen molar-refractivity contribution < 1.29 is 14.2 Å². The first-order chi connectivity index (χ1) is 9.47. The summed E-state index contributed by atoms with van der Waals surface area (Å²) in [6.07, 6.45) is 0.151. The number of hydrogen-bond donors (Lipinski definition) is 1. The van der Waals surface area contributed by atoms with Crippen molar-refractivity contribution in [2.24, 2.45) is 0 Å². The molecule has 0 saturated carbocycles. The van der Waals surface area contributed by atoms with E-state index in [9.17, 15) is 14.9 Å². The number of hydrogen-bond acceptors (Lipinski definition) is 5. The molecule has 1 amide bonds. The van der Waals surface area contributed by atoms with Gasteiger partial charge in [0.1, 0.15) is 5.76 Å². The standard InChI is InChI=1S/C13H13N3O4/c1-8-12(9(2)20-15-8)7-13(17)14-10-3-5-11(6-4-10)16(18)19/h3-6H,7H2,1-2H3,(H,14,17). The van der Waals surface area contributed by atoms with E-state index >= 15 is 0 Å². The minimum absolute atomic E-state index is 0.0197. The fraction of sp³-hybridized carbons (Fsp3) is 0.231. The number of nitro groups is 1. The summed E-state index contributed by atoms with van der Waals surface area (Å²) in [6.45, 7) is 3.51. The lowest BCUT2D eigenvalue weighted by molar-refractivity contribution is -0.384. The van der Waals surface area contributed by atoms with Crippen LogP contribution < -0.4 is 5.32 Å². The number of nitrogens with zero attached hydrogens (tertiary/aromatic N) is 2. The van der Waals surface area contributed by atoms with Crippen molar-refractivity contribution >= 4 is 17.3 Å². The molecular weight excluding hydrogens is 262 g/mol. The molecular formula is C13H13N3O4. The van der Waals surface area contributed by atoms with Crippen LogP contribution in [0.4, 0.5) is 11.4 Å². The number of carbonyl (C=O) groups excluding carboxylic acids is 1. The normalized spacial score (nSPS) is 10.3. The van der Waals surface area contributed by atoms with Crippen molar-refractivity contribution in [1.82, 2.24) is 5.16 Å². The fourth-order valence-corrected chi connectivity index (χ4v) is 1.79. The summed E-state index contributed by atoms with van der Waals surface area (Å²) >= 11 is 0. The van der Waals surface area contributed by atoms with Crippen molar-refractivity contribution in [2.45, 2.75) is 20.3 Å². The number of nitro benzene ring substituents is 1. The Bertz CT molecular complexity index is 627. The van der Waals surface area contributed by atoms with Gasteiger partial charge in [-0.1, -0.05) is 5.16 Å². The van der Waals surface area contributed by atoms with Gasteiger partial charge in [0.15, 0.2) is 0 Å². The smallest absolute Gasteiger partial charge is 0.269 e. The predicted molar refractivity (Wildman–Crippen MR) is 71.4 cm³/mol. The van der Waals surface area contributed by atoms with Crippen molar-refractivity contribution in [3.8, 4) is 0 Å². The first-order valence-corrected chi connectivity index (χ1v) is 5.93. The summed E-state index contributed by atoms with van der Waals surface area (Å²) in [4.78, 5) is 21.9. The molecule has 1 aromatic heterocycles. The zero-order valence-electron chi connectivity index (χ0n) is 11.0. The SMILES string of the molecule is Cc1noc(C)c1CC(=O)Nc1ccc([N+](=O)[O-])cc1. The van der Waals surface area contributed by atoms with Crippen LogP contribution in [0.3, 0.4) is 0 Å². The third-order valence-corrected chi connectivity index (χ3v) is 2.88. The van der Waals surface area contributed by atoms with Gasteiger partial charge in [-0.25, -0.2) is 0 Å². The van der Waals surface area contributed by atoms with Crippen LogP contribution in [0, 0.1) is 24.0 Å². The molecule has 7 nitrogen and oxygen atoms in total. The molecule has 2 aromatic rings. The number of aryl methyl sites for hydroxylation is 2. The average Bonchev–Trinajstić information content (AvgIpc) is 2.71. The maximum atomic E-state index is 11.9. The second kappa shape index (κ2) is 5.52. The molecule has 0 aliphatic rings. The van der Waals surface area contributed by atoms with Crippen molar-refractivity contribution in [3.63, 3.8) is 0 Å². The van der Waals surface area contributed by atoms with Crippen LogP contribution in [0.15, 0.2) is 28.8 Å². The molecule has 1 N–H and O–H groups in total. The molecule has 0 bridgehead atoms. The first-order valence-electron chi connectivity index (χ1n) is 5.93. The van der Waals surface area contributed by atoms with Crippen molar-refractivity contribution in [3.05, 3.63) is 51.4 Å². The number of amides is 1. The van der Waals surface area contributed by atoms with E-state index in [4.69, 9.17) is 4.52 Å². The topological polar surface area (TPSA) is 98.3 Å². The molecule has 1 heterocycles. The maximum Gasteiger partial charge on any atom is 0.269 e. The molecule has 0 fully saturated rings. The lowest BCUT2D eigenvalue weighted by Gasteiger charge is -2.04. The minimum atomic E-state index is -0.491. The lowest BCUT2D eigenvalue weighted by atomic mass is 10.1. The summed E-state index contributed by atoms with van der Waals surface area (Å²) in [5.41, 5.74) is 1.92. The van der Waals surface area contributed by atoms with Crippen LogP contribution >= 0.6 is 0 Å². The third-order valence-electron chi connectivity index (χ3n) is 2.88. The molecule has 0 unspecified atom stereocenters. The van der Waals surface area contributed by atoms with Gasteiger partial charge >= 0.3 is 0 Å². The third kappa shape index (κ3) is 3.00. The molecule has 1 aromatic carbocycles. The van der Waals surface area contributed by atoms with E-state index in [2.05, 4.69) is 10.5 Å². The zero-order valence-corrected chi connectivity index (χ0v) is 11.0. The van der Waals surface area contributed by atoms with Crippen LogP contribution in [0.1, 0.15) is 17.0 Å². The Hall–Kier alpha value is -2.70. The summed E-state index contributed by atoms with van der Waals surface area (Å²) in [7, 11) is 0. The second-order valence-corrected chi connectivity index (χ2v) is 4.33. The fourth-order valence-electron chi connectivity index (χ4n) is 1.79. The Labute approximate surface area is 114 Å². The molecule has 0 saturated heterocycles. The molecule has 0 aliphatic carbocycles. The molecule has 0 spiro atoms. The summed E-state index contributed by atoms with van der Waals surface area (Å²) in [6, 6.07) is 5.66. The largest absolute Gasteiger partial charge is 0.361 e. The average molecular weight is 275 g/mol. The van der Waals surface area contributed by atoms with Crippen LogP contribution in [-0.4, -0.2) is 16.0 Å². The number of anilines is 1. The Kier molecular flexibility index (Phi) is 3.79. The van der Waals surface area contributed by atoms with Gasteiger partial charge in [-0.15, -0.1) is 0 Å². The number of carbonyl (C=O) groups is 1. The Balaban J connectivity index is 2.03. The number of nitrogens with one attached hydrogen (secondary N) is 1. The zero-order chi connectivity index (χ0) is 14.7. The summed E-state index contributed by atoms with van der Waals surface area (Å²) < 4.78 is 4.98. The highest BCUT2D eigenvalue weighted by Gasteiger charge is 2.13. The van der Waals surface area contributed by atoms with E-state index in [0.29, 0.717) is 17.1 Å². The summed E-state index contributed by atoms with van der Waals surface area (Å²) in [5.74, 6) is 0.384. The second-order valence-electron chi connectivity index (χ2n) is 4.33. The van der Waals surface area contributed by atoms with Gasteiger partial charge in [0.05, 0.1) is 17.0 Å². The highest BCUT2D eigenvalue weighted by atomic mass is 16.6. The minimum Gasteiger partial charge on any atom is -0.361 e. The van der Waals surface area contributed by atoms with Gasteiger partial charge in [-0.2, -0.15) is 0 Å². The van der Waals surface area contributed by atoms with E-state index < -0.39 is 4.92 Å². The molecule has 0 atom stereocenters. The van der Waals surface area contributed by atoms with Gasteiger partial charge in [0.2, 0.25) is 5.91 Å². The molecule has 0 radical (unpaired) electrons. The molecule has 104 valence electrons. The molecule has 20 heavy (non-hydrogen) atoms. The molecule has 7 heteroatoms. The predicted octanol–water partition coefficient (Wildman–Crippen LogP) is 2.38. The van der Waals surface area contributed by atoms with Crippen LogP contribution in [-0.2, 0) is 11.2 Å². The van der Waals surface area contributed by atoms with Gasteiger partial charge in [-0.3, -0.25) is 14.9 Å². The monoisotopic (exact) mass is 275 g/mol. The number of non-ortho nitro benzene ring substituents is 1. The van der Waals surface area contributed by atoms with Crippen molar-refractivity contribution in [2.75, 3.05) is 5.32 Å².